The third-order valence-corrected chi connectivity index (χ3v) is 7.24. The molecule has 0 saturated heterocycles. The molecule has 4 aromatic rings. The molecule has 0 aliphatic carbocycles. The number of quaternary nitrogens is 1. The van der Waals surface area contributed by atoms with Crippen molar-refractivity contribution in [3.63, 3.8) is 0 Å². The molecule has 40 heavy (non-hydrogen) atoms. The van der Waals surface area contributed by atoms with Crippen molar-refractivity contribution >= 4 is 29.6 Å². The van der Waals surface area contributed by atoms with Gasteiger partial charge < -0.3 is 19.5 Å². The van der Waals surface area contributed by atoms with Gasteiger partial charge in [0.25, 0.3) is 5.91 Å². The molecule has 0 aliphatic heterocycles. The number of hydrogen-bond acceptors (Lipinski definition) is 8. The van der Waals surface area contributed by atoms with Crippen LogP contribution in [0.25, 0.3) is 17.1 Å². The van der Waals surface area contributed by atoms with E-state index in [2.05, 4.69) is 34.6 Å². The van der Waals surface area contributed by atoms with Gasteiger partial charge in [0.05, 0.1) is 39.3 Å². The van der Waals surface area contributed by atoms with Crippen molar-refractivity contribution in [2.24, 2.45) is 5.10 Å². The first-order valence-corrected chi connectivity index (χ1v) is 13.8. The van der Waals surface area contributed by atoms with E-state index in [9.17, 15) is 9.90 Å². The molecule has 0 aliphatic rings. The fourth-order valence-corrected chi connectivity index (χ4v) is 4.85. The second-order valence-electron chi connectivity index (χ2n) is 8.71. The molecule has 0 saturated carbocycles. The number of methoxy groups -OCH3 is 2. The molecule has 0 spiro atoms. The van der Waals surface area contributed by atoms with Crippen LogP contribution in [0.3, 0.4) is 0 Å². The van der Waals surface area contributed by atoms with Gasteiger partial charge in [-0.3, -0.25) is 9.36 Å². The molecule has 0 atom stereocenters. The summed E-state index contributed by atoms with van der Waals surface area (Å²) in [4.78, 5) is 13.8. The Balaban J connectivity index is 1.47. The van der Waals surface area contributed by atoms with Crippen LogP contribution in [0, 0.1) is 0 Å². The van der Waals surface area contributed by atoms with Crippen LogP contribution in [0.5, 0.6) is 17.2 Å². The van der Waals surface area contributed by atoms with Gasteiger partial charge >= 0.3 is 0 Å². The van der Waals surface area contributed by atoms with Crippen LogP contribution in [0.4, 0.5) is 5.69 Å². The van der Waals surface area contributed by atoms with Crippen LogP contribution >= 0.6 is 11.8 Å². The molecule has 2 N–H and O–H groups in total. The van der Waals surface area contributed by atoms with E-state index < -0.39 is 0 Å². The van der Waals surface area contributed by atoms with Crippen LogP contribution in [0.15, 0.2) is 77.0 Å². The van der Waals surface area contributed by atoms with Crippen LogP contribution in [0.1, 0.15) is 19.4 Å². The van der Waals surface area contributed by atoms with Gasteiger partial charge in [-0.1, -0.05) is 17.5 Å². The van der Waals surface area contributed by atoms with Gasteiger partial charge in [0.15, 0.2) is 11.0 Å². The summed E-state index contributed by atoms with van der Waals surface area (Å²) in [7, 11) is 3.22. The first-order chi connectivity index (χ1) is 19.5. The Morgan fingerprint density at radius 3 is 2.25 bits per heavy atom. The SMILES string of the molecule is CC[NH+](CC)c1ccc(C=NNC(=O)CSc2nnc(-c3ccc(OC)cc3)n2-c2ccc(OC)cc2)c([O-])c1. The molecule has 0 unspecified atom stereocenters. The van der Waals surface area contributed by atoms with Crippen molar-refractivity contribution in [1.29, 1.82) is 0 Å². The lowest BCUT2D eigenvalue weighted by Gasteiger charge is -2.18. The lowest BCUT2D eigenvalue weighted by Crippen LogP contribution is -3.06. The van der Waals surface area contributed by atoms with Crippen molar-refractivity contribution in [3.05, 3.63) is 72.3 Å². The number of carbonyl (C=O) groups excluding carboxylic acids is 1. The number of hydrazone groups is 1. The number of thioether (sulfide) groups is 1. The number of benzene rings is 3. The monoisotopic (exact) mass is 560 g/mol. The minimum atomic E-state index is -0.340. The van der Waals surface area contributed by atoms with Crippen molar-refractivity contribution in [1.82, 2.24) is 20.2 Å². The number of nitrogens with one attached hydrogen (secondary N) is 2. The normalized spacial score (nSPS) is 11.2. The minimum Gasteiger partial charge on any atom is -0.872 e. The van der Waals surface area contributed by atoms with Gasteiger partial charge in [-0.05, 0) is 86.1 Å². The lowest BCUT2D eigenvalue weighted by atomic mass is 10.2. The molecular formula is C29H32N6O4S. The number of aromatic nitrogens is 3. The zero-order valence-corrected chi connectivity index (χ0v) is 23.7. The van der Waals surface area contributed by atoms with E-state index in [-0.39, 0.29) is 17.4 Å². The molecule has 3 aromatic carbocycles. The highest BCUT2D eigenvalue weighted by molar-refractivity contribution is 7.99. The van der Waals surface area contributed by atoms with Gasteiger partial charge in [0, 0.05) is 11.3 Å². The summed E-state index contributed by atoms with van der Waals surface area (Å²) in [6.07, 6.45) is 1.37. The predicted molar refractivity (Wildman–Crippen MR) is 154 cm³/mol. The average Bonchev–Trinajstić information content (AvgIpc) is 3.41. The summed E-state index contributed by atoms with van der Waals surface area (Å²) in [6.45, 7) is 5.94. The van der Waals surface area contributed by atoms with Gasteiger partial charge in [0.2, 0.25) is 0 Å². The van der Waals surface area contributed by atoms with E-state index in [0.717, 1.165) is 41.5 Å². The van der Waals surface area contributed by atoms with E-state index in [1.807, 2.05) is 59.2 Å². The second kappa shape index (κ2) is 13.6. The third-order valence-electron chi connectivity index (χ3n) is 6.31. The number of ether oxygens (including phenoxy) is 2. The van der Waals surface area contributed by atoms with E-state index >= 15 is 0 Å². The summed E-state index contributed by atoms with van der Waals surface area (Å²) in [5.74, 6) is 1.64. The van der Waals surface area contributed by atoms with E-state index in [4.69, 9.17) is 9.47 Å². The number of carbonyl (C=O) groups is 1. The van der Waals surface area contributed by atoms with Gasteiger partial charge in [-0.15, -0.1) is 10.2 Å². The molecule has 1 heterocycles. The van der Waals surface area contributed by atoms with Gasteiger partial charge in [-0.2, -0.15) is 5.10 Å². The standard InChI is InChI=1S/C29H32N6O4S/c1-5-34(6-2)23-10-7-21(26(36)17-23)18-30-31-27(37)19-40-29-33-32-28(20-8-13-24(38-3)14-9-20)35(29)22-11-15-25(39-4)16-12-22/h7-18,36H,5-6,19H2,1-4H3,(H,31,37). The molecule has 11 heteroatoms. The topological polar surface area (TPSA) is 118 Å². The molecule has 0 fully saturated rings. The third kappa shape index (κ3) is 6.80. The fraction of sp³-hybridized carbons (Fsp3) is 0.241. The largest absolute Gasteiger partial charge is 0.872 e. The number of hydrogen-bond donors (Lipinski definition) is 2. The maximum absolute atomic E-state index is 12.6. The molecule has 1 aromatic heterocycles. The van der Waals surface area contributed by atoms with Crippen LogP contribution in [-0.4, -0.2) is 59.9 Å². The van der Waals surface area contributed by atoms with Crippen molar-refractivity contribution in [3.8, 4) is 34.3 Å². The van der Waals surface area contributed by atoms with Crippen molar-refractivity contribution < 1.29 is 24.3 Å². The molecule has 10 nitrogen and oxygen atoms in total. The van der Waals surface area contributed by atoms with Crippen LogP contribution in [-0.2, 0) is 4.79 Å². The van der Waals surface area contributed by atoms with Crippen LogP contribution in [0.2, 0.25) is 0 Å². The Labute approximate surface area is 237 Å². The molecule has 4 rings (SSSR count). The Kier molecular flexibility index (Phi) is 9.76. The fourth-order valence-electron chi connectivity index (χ4n) is 4.11. The maximum Gasteiger partial charge on any atom is 0.250 e. The average molecular weight is 561 g/mol. The van der Waals surface area contributed by atoms with E-state index in [1.54, 1.807) is 26.4 Å². The highest BCUT2D eigenvalue weighted by Crippen LogP contribution is 2.29. The molecule has 0 radical (unpaired) electrons. The van der Waals surface area contributed by atoms with E-state index in [1.165, 1.54) is 22.9 Å². The second-order valence-corrected chi connectivity index (χ2v) is 9.66. The molecule has 208 valence electrons. The predicted octanol–water partition coefficient (Wildman–Crippen LogP) is 2.82. The lowest BCUT2D eigenvalue weighted by molar-refractivity contribution is -0.828. The first-order valence-electron chi connectivity index (χ1n) is 12.8. The number of rotatable bonds is 12. The minimum absolute atomic E-state index is 0.0444. The summed E-state index contributed by atoms with van der Waals surface area (Å²) >= 11 is 1.23. The number of amides is 1. The highest BCUT2D eigenvalue weighted by Gasteiger charge is 2.18. The van der Waals surface area contributed by atoms with E-state index in [0.29, 0.717) is 16.5 Å². The van der Waals surface area contributed by atoms with Crippen molar-refractivity contribution in [2.45, 2.75) is 19.0 Å². The zero-order valence-electron chi connectivity index (χ0n) is 22.9. The van der Waals surface area contributed by atoms with Crippen LogP contribution < -0.4 is 24.9 Å². The Hall–Kier alpha value is -4.35. The summed E-state index contributed by atoms with van der Waals surface area (Å²) in [5, 5.41) is 25.8. The summed E-state index contributed by atoms with van der Waals surface area (Å²) in [5.41, 5.74) is 5.50. The highest BCUT2D eigenvalue weighted by atomic mass is 32.2. The molecule has 0 bridgehead atoms. The quantitative estimate of drug-likeness (QED) is 0.155. The molecule has 1 amide bonds. The molecular weight excluding hydrogens is 528 g/mol. The van der Waals surface area contributed by atoms with Crippen molar-refractivity contribution in [2.75, 3.05) is 33.1 Å². The number of nitrogens with zero attached hydrogens (tertiary/aromatic N) is 4. The smallest absolute Gasteiger partial charge is 0.250 e. The van der Waals surface area contributed by atoms with Gasteiger partial charge in [0.1, 0.15) is 17.2 Å². The maximum atomic E-state index is 12.6. The Morgan fingerprint density at radius 2 is 1.65 bits per heavy atom. The Bertz CT molecular complexity index is 1450. The van der Waals surface area contributed by atoms with Gasteiger partial charge in [-0.25, -0.2) is 5.43 Å². The first kappa shape index (κ1) is 28.7. The Morgan fingerprint density at radius 1 is 1.00 bits per heavy atom. The zero-order chi connectivity index (χ0) is 28.5. The summed E-state index contributed by atoms with van der Waals surface area (Å²) in [6, 6.07) is 20.3. The summed E-state index contributed by atoms with van der Waals surface area (Å²) < 4.78 is 12.4.